The number of hydrogen-bond donors (Lipinski definition) is 0. The molecule has 2 fully saturated rings. The zero-order valence-corrected chi connectivity index (χ0v) is 17.2. The normalized spacial score (nSPS) is 21.3. The van der Waals surface area contributed by atoms with Gasteiger partial charge < -0.3 is 9.64 Å². The molecule has 2 saturated heterocycles. The molecule has 0 saturated carbocycles. The van der Waals surface area contributed by atoms with E-state index >= 15 is 0 Å². The highest BCUT2D eigenvalue weighted by atomic mass is 32.1. The third-order valence-electron chi connectivity index (χ3n) is 5.67. The Hall–Kier alpha value is -2.72. The number of halogens is 3. The Morgan fingerprint density at radius 3 is 2.58 bits per heavy atom. The topological polar surface area (TPSA) is 60.2 Å². The van der Waals surface area contributed by atoms with E-state index in [1.165, 1.54) is 28.2 Å². The number of thiophene rings is 1. The Morgan fingerprint density at radius 2 is 1.90 bits per heavy atom. The van der Waals surface area contributed by atoms with Crippen molar-refractivity contribution in [2.75, 3.05) is 13.2 Å². The number of amides is 1. The van der Waals surface area contributed by atoms with Crippen LogP contribution in [0.25, 0.3) is 16.4 Å². The first-order chi connectivity index (χ1) is 14.9. The van der Waals surface area contributed by atoms with Gasteiger partial charge in [-0.3, -0.25) is 4.79 Å². The van der Waals surface area contributed by atoms with Crippen molar-refractivity contribution >= 4 is 17.2 Å². The third-order valence-corrected chi connectivity index (χ3v) is 6.54. The molecule has 5 rings (SSSR count). The zero-order chi connectivity index (χ0) is 21.6. The Balaban J connectivity index is 1.58. The fourth-order valence-electron chi connectivity index (χ4n) is 4.24. The molecular weight excluding hydrogens is 429 g/mol. The largest absolute Gasteiger partial charge is 0.416 e. The smallest absolute Gasteiger partial charge is 0.377 e. The average molecular weight is 448 g/mol. The van der Waals surface area contributed by atoms with Crippen molar-refractivity contribution in [3.05, 3.63) is 53.2 Å². The van der Waals surface area contributed by atoms with Crippen LogP contribution in [0.1, 0.15) is 35.4 Å². The summed E-state index contributed by atoms with van der Waals surface area (Å²) in [4.78, 5) is 20.4. The van der Waals surface area contributed by atoms with Crippen LogP contribution in [0, 0.1) is 0 Å². The molecule has 3 aromatic rings. The summed E-state index contributed by atoms with van der Waals surface area (Å²) in [6.07, 6.45) is -1.73. The SMILES string of the molecule is O=C(c1nc(-c2cccs2)n(-c2cccc(C(F)(F)F)c2)n1)N1C2CCCC1COC2. The van der Waals surface area contributed by atoms with Gasteiger partial charge in [0.05, 0.1) is 41.4 Å². The second-order valence-corrected chi connectivity index (χ2v) is 8.63. The lowest BCUT2D eigenvalue weighted by Crippen LogP contribution is -2.57. The lowest BCUT2D eigenvalue weighted by Gasteiger charge is -2.45. The third kappa shape index (κ3) is 3.74. The number of morpholine rings is 1. The minimum atomic E-state index is -4.48. The van der Waals surface area contributed by atoms with Gasteiger partial charge in [-0.1, -0.05) is 12.1 Å². The van der Waals surface area contributed by atoms with Crippen LogP contribution in [-0.4, -0.2) is 50.9 Å². The van der Waals surface area contributed by atoms with E-state index in [0.717, 1.165) is 31.4 Å². The van der Waals surface area contributed by atoms with Crippen LogP contribution < -0.4 is 0 Å². The quantitative estimate of drug-likeness (QED) is 0.596. The molecule has 2 atom stereocenters. The number of ether oxygens (including phenoxy) is 1. The van der Waals surface area contributed by atoms with Gasteiger partial charge in [-0.2, -0.15) is 13.2 Å². The first-order valence-corrected chi connectivity index (χ1v) is 10.9. The lowest BCUT2D eigenvalue weighted by molar-refractivity contribution is -0.137. The van der Waals surface area contributed by atoms with Crippen molar-refractivity contribution in [2.45, 2.75) is 37.5 Å². The molecule has 1 amide bonds. The van der Waals surface area contributed by atoms with E-state index in [-0.39, 0.29) is 29.5 Å². The Labute approximate surface area is 180 Å². The molecule has 2 unspecified atom stereocenters. The molecule has 2 aliphatic rings. The fraction of sp³-hybridized carbons (Fsp3) is 0.381. The van der Waals surface area contributed by atoms with E-state index in [9.17, 15) is 18.0 Å². The summed E-state index contributed by atoms with van der Waals surface area (Å²) in [6, 6.07) is 8.45. The molecule has 0 radical (unpaired) electrons. The molecular formula is C21H19F3N4O2S. The van der Waals surface area contributed by atoms with Gasteiger partial charge in [-0.05, 0) is 48.9 Å². The molecule has 0 aliphatic carbocycles. The number of rotatable bonds is 3. The molecule has 162 valence electrons. The fourth-order valence-corrected chi connectivity index (χ4v) is 4.94. The molecule has 6 nitrogen and oxygen atoms in total. The van der Waals surface area contributed by atoms with Crippen molar-refractivity contribution in [1.29, 1.82) is 0 Å². The minimum Gasteiger partial charge on any atom is -0.377 e. The average Bonchev–Trinajstić information content (AvgIpc) is 3.42. The molecule has 2 aromatic heterocycles. The molecule has 2 bridgehead atoms. The van der Waals surface area contributed by atoms with E-state index in [4.69, 9.17) is 4.74 Å². The van der Waals surface area contributed by atoms with Gasteiger partial charge in [-0.15, -0.1) is 16.4 Å². The van der Waals surface area contributed by atoms with Crippen molar-refractivity contribution in [2.24, 2.45) is 0 Å². The summed E-state index contributed by atoms with van der Waals surface area (Å²) >= 11 is 1.38. The maximum atomic E-state index is 13.4. The summed E-state index contributed by atoms with van der Waals surface area (Å²) in [5.74, 6) is 0.0252. The summed E-state index contributed by atoms with van der Waals surface area (Å²) < 4.78 is 46.7. The highest BCUT2D eigenvalue weighted by Gasteiger charge is 2.40. The van der Waals surface area contributed by atoms with Gasteiger partial charge in [0.25, 0.3) is 5.91 Å². The van der Waals surface area contributed by atoms with Crippen molar-refractivity contribution in [1.82, 2.24) is 19.7 Å². The first-order valence-electron chi connectivity index (χ1n) is 10.0. The van der Waals surface area contributed by atoms with Gasteiger partial charge in [0.15, 0.2) is 5.82 Å². The number of benzene rings is 1. The van der Waals surface area contributed by atoms with Crippen molar-refractivity contribution in [3.8, 4) is 16.4 Å². The number of piperidine rings is 1. The van der Waals surface area contributed by atoms with Crippen LogP contribution in [0.4, 0.5) is 13.2 Å². The molecule has 0 spiro atoms. The molecule has 4 heterocycles. The predicted octanol–water partition coefficient (Wildman–Crippen LogP) is 4.41. The lowest BCUT2D eigenvalue weighted by atomic mass is 9.94. The maximum absolute atomic E-state index is 13.4. The van der Waals surface area contributed by atoms with Gasteiger partial charge in [-0.25, -0.2) is 9.67 Å². The number of carbonyl (C=O) groups is 1. The van der Waals surface area contributed by atoms with Gasteiger partial charge in [0.2, 0.25) is 5.82 Å². The van der Waals surface area contributed by atoms with E-state index in [2.05, 4.69) is 10.1 Å². The number of fused-ring (bicyclic) bond motifs is 2. The van der Waals surface area contributed by atoms with Crippen LogP contribution in [0.3, 0.4) is 0 Å². The maximum Gasteiger partial charge on any atom is 0.416 e. The second-order valence-electron chi connectivity index (χ2n) is 7.68. The number of carbonyl (C=O) groups excluding carboxylic acids is 1. The van der Waals surface area contributed by atoms with E-state index in [0.29, 0.717) is 23.9 Å². The summed E-state index contributed by atoms with van der Waals surface area (Å²) in [5.41, 5.74) is -0.583. The monoisotopic (exact) mass is 448 g/mol. The van der Waals surface area contributed by atoms with Crippen LogP contribution >= 0.6 is 11.3 Å². The Morgan fingerprint density at radius 1 is 1.13 bits per heavy atom. The number of nitrogens with zero attached hydrogens (tertiary/aromatic N) is 4. The molecule has 10 heteroatoms. The first kappa shape index (κ1) is 20.2. The molecule has 2 aliphatic heterocycles. The van der Waals surface area contributed by atoms with Gasteiger partial charge >= 0.3 is 6.18 Å². The molecule has 0 N–H and O–H groups in total. The summed E-state index contributed by atoms with van der Waals surface area (Å²) in [5, 5.41) is 6.22. The van der Waals surface area contributed by atoms with Crippen molar-refractivity contribution in [3.63, 3.8) is 0 Å². The van der Waals surface area contributed by atoms with Crippen LogP contribution in [0.2, 0.25) is 0 Å². The standard InChI is InChI=1S/C21H19F3N4O2S/c22-21(23,24)13-4-1-5-14(10-13)28-19(17-8-3-9-31-17)25-18(26-28)20(29)27-15-6-2-7-16(27)12-30-11-15/h1,3-5,8-10,15-16H,2,6-7,11-12H2. The van der Waals surface area contributed by atoms with Crippen LogP contribution in [-0.2, 0) is 10.9 Å². The Bertz CT molecular complexity index is 1070. The highest BCUT2D eigenvalue weighted by molar-refractivity contribution is 7.13. The number of hydrogen-bond acceptors (Lipinski definition) is 5. The Kier molecular flexibility index (Phi) is 5.05. The second kappa shape index (κ2) is 7.76. The predicted molar refractivity (Wildman–Crippen MR) is 108 cm³/mol. The summed E-state index contributed by atoms with van der Waals surface area (Å²) in [7, 11) is 0. The van der Waals surface area contributed by atoms with E-state index in [1.807, 2.05) is 11.4 Å². The minimum absolute atomic E-state index is 0.0142. The number of alkyl halides is 3. The highest BCUT2D eigenvalue weighted by Crippen LogP contribution is 2.33. The van der Waals surface area contributed by atoms with Crippen LogP contribution in [0.15, 0.2) is 41.8 Å². The van der Waals surface area contributed by atoms with E-state index < -0.39 is 11.7 Å². The van der Waals surface area contributed by atoms with Crippen LogP contribution in [0.5, 0.6) is 0 Å². The van der Waals surface area contributed by atoms with E-state index in [1.54, 1.807) is 11.0 Å². The van der Waals surface area contributed by atoms with Crippen molar-refractivity contribution < 1.29 is 22.7 Å². The molecule has 1 aromatic carbocycles. The number of aromatic nitrogens is 3. The summed E-state index contributed by atoms with van der Waals surface area (Å²) in [6.45, 7) is 0.961. The zero-order valence-electron chi connectivity index (χ0n) is 16.4. The van der Waals surface area contributed by atoms with Gasteiger partial charge in [0, 0.05) is 0 Å². The molecule has 31 heavy (non-hydrogen) atoms. The van der Waals surface area contributed by atoms with Gasteiger partial charge in [0.1, 0.15) is 0 Å².